The normalized spacial score (nSPS) is 15.7. The van der Waals surface area contributed by atoms with Crippen LogP contribution >= 0.6 is 0 Å². The lowest BCUT2D eigenvalue weighted by atomic mass is 9.77. The summed E-state index contributed by atoms with van der Waals surface area (Å²) in [6.45, 7) is 7.16. The van der Waals surface area contributed by atoms with Crippen LogP contribution in [0.1, 0.15) is 157 Å². The van der Waals surface area contributed by atoms with Crippen molar-refractivity contribution in [2.24, 2.45) is 11.8 Å². The highest BCUT2D eigenvalue weighted by atomic mass is 16.6. The van der Waals surface area contributed by atoms with Crippen molar-refractivity contribution >= 4 is 51.8 Å². The van der Waals surface area contributed by atoms with E-state index in [-0.39, 0.29) is 90.1 Å². The van der Waals surface area contributed by atoms with Crippen LogP contribution in [-0.2, 0) is 47.2 Å². The average molecular weight is 1120 g/mol. The molecule has 1 aliphatic carbocycles. The molecule has 3 amide bonds. The van der Waals surface area contributed by atoms with Crippen molar-refractivity contribution in [2.45, 2.75) is 122 Å². The molecular weight excluding hydrogens is 1040 g/mol. The maximum absolute atomic E-state index is 14.0. The Morgan fingerprint density at radius 1 is 0.671 bits per heavy atom. The minimum atomic E-state index is -1.46. The zero-order chi connectivity index (χ0) is 57.6. The molecule has 0 radical (unpaired) electrons. The maximum Gasteiger partial charge on any atom is 0.340 e. The molecule has 3 heterocycles. The lowest BCUT2D eigenvalue weighted by molar-refractivity contribution is -0.126. The number of benzene rings is 5. The highest BCUT2D eigenvalue weighted by molar-refractivity contribution is 6.03. The number of Topliss-reactive ketones (excluding diaryl/α,β-unsaturated/α-hetero) is 2. The van der Waals surface area contributed by atoms with E-state index in [1.165, 1.54) is 29.8 Å². The number of esters is 1. The molecule has 1 fully saturated rings. The van der Waals surface area contributed by atoms with E-state index >= 15 is 0 Å². The van der Waals surface area contributed by atoms with E-state index in [9.17, 15) is 39.0 Å². The van der Waals surface area contributed by atoms with Crippen LogP contribution in [0.4, 0.5) is 5.69 Å². The molecule has 9 rings (SSSR count). The molecule has 6 aromatic rings. The Labute approximate surface area is 479 Å². The Morgan fingerprint density at radius 2 is 1.35 bits per heavy atom. The minimum Gasteiger partial charge on any atom is -0.508 e. The number of likely N-dealkylation sites (N-methyl/N-ethyl adjacent to an activating group) is 1. The number of phenolic OH excluding ortho intramolecular Hbond substituents is 2. The Kier molecular flexibility index (Phi) is 19.9. The summed E-state index contributed by atoms with van der Waals surface area (Å²) in [4.78, 5) is 81.7. The number of nitrogens with one attached hydrogen (secondary N) is 2. The first kappa shape index (κ1) is 58.8. The van der Waals surface area contributed by atoms with Gasteiger partial charge in [0.15, 0.2) is 17.2 Å². The summed E-state index contributed by atoms with van der Waals surface area (Å²) in [7, 11) is 0. The number of unbranched alkanes of at least 4 members (excludes halogenated alkanes) is 5. The number of hydrogen-bond donors (Lipinski definition) is 4. The summed E-state index contributed by atoms with van der Waals surface area (Å²) in [6.07, 6.45) is 11.3. The molecule has 3 aliphatic rings. The molecule has 16 nitrogen and oxygen atoms in total. The number of aromatic hydroxyl groups is 2. The molecule has 82 heavy (non-hydrogen) atoms. The van der Waals surface area contributed by atoms with Gasteiger partial charge >= 0.3 is 5.97 Å². The lowest BCUT2D eigenvalue weighted by Gasteiger charge is -2.36. The summed E-state index contributed by atoms with van der Waals surface area (Å²) >= 11 is 0. The van der Waals surface area contributed by atoms with Crippen molar-refractivity contribution in [3.05, 3.63) is 148 Å². The van der Waals surface area contributed by atoms with Crippen LogP contribution in [0.3, 0.4) is 0 Å². The standard InChI is InChI=1S/C66H76N4O12/c1-3-44-15-13-17-49(37-44)69(4-2)63(76)43-70-56-18-10-9-16-47(56)40-57(70)59(74)38-45-20-22-46(23-21-45)64(77)68-32-12-8-6-5-7-11-31-67-62(75)30-34-80-36-35-79-33-14-19-58(73)48-24-27-52-55(39-48)66(82-65(52)78)53-28-25-50(71)41-60(53)81-61-42-51(72)26-29-54(61)66/h9-10,13,15-18,24-29,37,39-42,45-46,71-72H,3-8,11-12,14,19-23,30-36,38,43H2,1-2H3,(H,67,75)(H,68,77). The number of nitrogens with zero attached hydrogens (tertiary/aromatic N) is 2. The highest BCUT2D eigenvalue weighted by Gasteiger charge is 2.54. The Morgan fingerprint density at radius 3 is 2.06 bits per heavy atom. The van der Waals surface area contributed by atoms with Crippen molar-refractivity contribution in [2.75, 3.05) is 51.0 Å². The Hall–Kier alpha value is -7.82. The largest absolute Gasteiger partial charge is 0.508 e. The molecule has 0 saturated heterocycles. The van der Waals surface area contributed by atoms with E-state index < -0.39 is 11.6 Å². The van der Waals surface area contributed by atoms with E-state index in [4.69, 9.17) is 18.9 Å². The smallest absolute Gasteiger partial charge is 0.340 e. The van der Waals surface area contributed by atoms with Gasteiger partial charge in [-0.3, -0.25) is 24.0 Å². The number of hydrogen-bond acceptors (Lipinski definition) is 12. The second kappa shape index (κ2) is 27.8. The number of aryl methyl sites for hydroxylation is 1. The summed E-state index contributed by atoms with van der Waals surface area (Å²) in [5.41, 5.74) is 4.14. The van der Waals surface area contributed by atoms with Crippen LogP contribution in [-0.4, -0.2) is 96.1 Å². The van der Waals surface area contributed by atoms with Gasteiger partial charge in [0.25, 0.3) is 0 Å². The Bertz CT molecular complexity index is 3220. The quantitative estimate of drug-likeness (QED) is 0.0196. The molecule has 2 aliphatic heterocycles. The fourth-order valence-corrected chi connectivity index (χ4v) is 11.7. The van der Waals surface area contributed by atoms with Gasteiger partial charge in [0, 0.05) is 102 Å². The fraction of sp³-hybridized carbons (Fsp3) is 0.424. The van der Waals surface area contributed by atoms with Gasteiger partial charge < -0.3 is 49.3 Å². The van der Waals surface area contributed by atoms with Crippen LogP contribution in [0.5, 0.6) is 23.0 Å². The van der Waals surface area contributed by atoms with Crippen LogP contribution < -0.4 is 20.3 Å². The third kappa shape index (κ3) is 13.9. The van der Waals surface area contributed by atoms with E-state index in [1.807, 2.05) is 54.0 Å². The van der Waals surface area contributed by atoms with Crippen LogP contribution in [0.2, 0.25) is 0 Å². The summed E-state index contributed by atoms with van der Waals surface area (Å²) in [5, 5.41) is 27.5. The number of phenols is 2. The lowest BCUT2D eigenvalue weighted by Crippen LogP contribution is -2.35. The number of para-hydroxylation sites is 1. The molecule has 5 aromatic carbocycles. The SMILES string of the molecule is CCc1cccc(N(CC)C(=O)Cn2c(C(=O)CC3CCC(C(=O)NCCCCCCCCNC(=O)CCOCCOCCCC(=O)c4ccc5c(c4)C4(OC5=O)c5ccc(O)cc5Oc5cc(O)ccc54)CC3)cc3ccccc32)c1. The summed E-state index contributed by atoms with van der Waals surface area (Å²) in [5.74, 6) is -0.121. The summed E-state index contributed by atoms with van der Waals surface area (Å²) < 4.78 is 25.3. The molecular formula is C66H76N4O12. The van der Waals surface area contributed by atoms with Crippen LogP contribution in [0.15, 0.2) is 109 Å². The van der Waals surface area contributed by atoms with Crippen molar-refractivity contribution in [3.63, 3.8) is 0 Å². The molecule has 16 heteroatoms. The second-order valence-electron chi connectivity index (χ2n) is 21.7. The molecule has 1 spiro atoms. The third-order valence-electron chi connectivity index (χ3n) is 16.2. The fourth-order valence-electron chi connectivity index (χ4n) is 11.7. The van der Waals surface area contributed by atoms with Crippen molar-refractivity contribution in [1.82, 2.24) is 15.2 Å². The number of rotatable bonds is 29. The minimum absolute atomic E-state index is 0.0361. The predicted molar refractivity (Wildman–Crippen MR) is 312 cm³/mol. The first-order valence-electron chi connectivity index (χ1n) is 29.3. The molecule has 4 N–H and O–H groups in total. The number of ketones is 2. The second-order valence-corrected chi connectivity index (χ2v) is 21.7. The number of aromatic nitrogens is 1. The maximum atomic E-state index is 14.0. The molecule has 0 atom stereocenters. The van der Waals surface area contributed by atoms with E-state index in [0.29, 0.717) is 85.8 Å². The number of amides is 3. The number of carbonyl (C=O) groups excluding carboxylic acids is 6. The molecule has 0 bridgehead atoms. The first-order valence-corrected chi connectivity index (χ1v) is 29.3. The monoisotopic (exact) mass is 1120 g/mol. The third-order valence-corrected chi connectivity index (χ3v) is 16.2. The highest BCUT2D eigenvalue weighted by Crippen LogP contribution is 2.57. The molecule has 432 valence electrons. The number of carbonyl (C=O) groups is 6. The summed E-state index contributed by atoms with van der Waals surface area (Å²) in [6, 6.07) is 31.7. The molecule has 0 unspecified atom stereocenters. The van der Waals surface area contributed by atoms with Crippen molar-refractivity contribution in [3.8, 4) is 23.0 Å². The van der Waals surface area contributed by atoms with Gasteiger partial charge in [-0.25, -0.2) is 4.79 Å². The van der Waals surface area contributed by atoms with E-state index in [2.05, 4.69) is 29.7 Å². The molecule has 1 aromatic heterocycles. The van der Waals surface area contributed by atoms with Gasteiger partial charge in [0.2, 0.25) is 17.7 Å². The van der Waals surface area contributed by atoms with Crippen LogP contribution in [0.25, 0.3) is 10.9 Å². The van der Waals surface area contributed by atoms with Gasteiger partial charge in [0.1, 0.15) is 29.5 Å². The van der Waals surface area contributed by atoms with Gasteiger partial charge in [-0.15, -0.1) is 0 Å². The van der Waals surface area contributed by atoms with Gasteiger partial charge in [0.05, 0.1) is 31.1 Å². The number of fused-ring (bicyclic) bond motifs is 7. The van der Waals surface area contributed by atoms with Gasteiger partial charge in [-0.2, -0.15) is 0 Å². The van der Waals surface area contributed by atoms with Crippen molar-refractivity contribution in [1.29, 1.82) is 0 Å². The van der Waals surface area contributed by atoms with E-state index in [1.54, 1.807) is 35.2 Å². The average Bonchev–Trinajstić information content (AvgIpc) is 1.89. The zero-order valence-electron chi connectivity index (χ0n) is 47.2. The van der Waals surface area contributed by atoms with Gasteiger partial charge in [-0.05, 0) is 130 Å². The van der Waals surface area contributed by atoms with Gasteiger partial charge in [-0.1, -0.05) is 69.0 Å². The number of ether oxygens (including phenoxy) is 4. The van der Waals surface area contributed by atoms with Crippen LogP contribution in [0, 0.1) is 11.8 Å². The predicted octanol–water partition coefficient (Wildman–Crippen LogP) is 11.3. The Balaban J connectivity index is 0.583. The number of anilines is 1. The van der Waals surface area contributed by atoms with E-state index in [0.717, 1.165) is 87.2 Å². The zero-order valence-corrected chi connectivity index (χ0v) is 47.2. The first-order chi connectivity index (χ1) is 39.9. The molecule has 1 saturated carbocycles. The van der Waals surface area contributed by atoms with Crippen molar-refractivity contribution < 1.29 is 57.9 Å². The topological polar surface area (TPSA) is 212 Å².